The lowest BCUT2D eigenvalue weighted by molar-refractivity contribution is 0.357. The van der Waals surface area contributed by atoms with Crippen LogP contribution in [0, 0.1) is 0 Å². The van der Waals surface area contributed by atoms with E-state index in [4.69, 9.17) is 33.7 Å². The van der Waals surface area contributed by atoms with Crippen molar-refractivity contribution in [1.82, 2.24) is 0 Å². The molecule has 0 bridgehead atoms. The molecule has 5 heteroatoms. The van der Waals surface area contributed by atoms with Crippen LogP contribution < -0.4 is 10.5 Å². The van der Waals surface area contributed by atoms with Gasteiger partial charge in [0.25, 0.3) is 0 Å². The molecule has 0 saturated carbocycles. The molecule has 2 N–H and O–H groups in total. The van der Waals surface area contributed by atoms with Crippen molar-refractivity contribution < 1.29 is 4.74 Å². The van der Waals surface area contributed by atoms with E-state index >= 15 is 0 Å². The van der Waals surface area contributed by atoms with Gasteiger partial charge in [-0.2, -0.15) is 0 Å². The molecule has 0 fully saturated rings. The molecule has 0 aliphatic rings. The van der Waals surface area contributed by atoms with Crippen molar-refractivity contribution in [2.75, 3.05) is 6.61 Å². The van der Waals surface area contributed by atoms with Crippen LogP contribution >= 0.6 is 39.1 Å². The van der Waals surface area contributed by atoms with Crippen LogP contribution in [-0.4, -0.2) is 12.6 Å². The molecular formula is C13H16BrCl2NO. The smallest absolute Gasteiger partial charge is 0.134 e. The van der Waals surface area contributed by atoms with Crippen LogP contribution in [0.15, 0.2) is 33.2 Å². The highest BCUT2D eigenvalue weighted by molar-refractivity contribution is 9.10. The second-order valence-electron chi connectivity index (χ2n) is 3.98. The predicted octanol–water partition coefficient (Wildman–Crippen LogP) is 4.43. The van der Waals surface area contributed by atoms with Gasteiger partial charge in [0.05, 0.1) is 9.51 Å². The Morgan fingerprint density at radius 2 is 2.28 bits per heavy atom. The van der Waals surface area contributed by atoms with E-state index in [1.165, 1.54) is 11.1 Å². The fourth-order valence-corrected chi connectivity index (χ4v) is 2.07. The molecule has 0 radical (unpaired) electrons. The Morgan fingerprint density at radius 1 is 1.56 bits per heavy atom. The monoisotopic (exact) mass is 351 g/mol. The number of benzene rings is 1. The summed E-state index contributed by atoms with van der Waals surface area (Å²) in [4.78, 5) is 0. The van der Waals surface area contributed by atoms with E-state index in [-0.39, 0.29) is 12.6 Å². The lowest BCUT2D eigenvalue weighted by atomic mass is 10.0. The van der Waals surface area contributed by atoms with Crippen LogP contribution in [0.3, 0.4) is 0 Å². The standard InChI is InChI=1S/C13H16BrCl2NO/c1-2-11(17)5-9-3-4-13(12(14)6-9)18-8-10(16)7-15/h3-4,6-7,11H,2,5,8,17H2,1H3. The van der Waals surface area contributed by atoms with Crippen molar-refractivity contribution >= 4 is 39.1 Å². The molecule has 0 heterocycles. The van der Waals surface area contributed by atoms with Crippen molar-refractivity contribution in [1.29, 1.82) is 0 Å². The van der Waals surface area contributed by atoms with Gasteiger partial charge in [0.15, 0.2) is 0 Å². The lowest BCUT2D eigenvalue weighted by Crippen LogP contribution is -2.21. The molecule has 0 amide bonds. The van der Waals surface area contributed by atoms with Crippen LogP contribution in [0.5, 0.6) is 5.75 Å². The molecule has 0 aliphatic carbocycles. The number of hydrogen-bond donors (Lipinski definition) is 1. The third kappa shape index (κ3) is 5.19. The maximum atomic E-state index is 5.92. The van der Waals surface area contributed by atoms with Gasteiger partial charge in [-0.05, 0) is 46.5 Å². The van der Waals surface area contributed by atoms with Crippen LogP contribution in [-0.2, 0) is 6.42 Å². The third-order valence-corrected chi connectivity index (χ3v) is 3.72. The first kappa shape index (κ1) is 15.8. The molecule has 1 unspecified atom stereocenters. The zero-order valence-electron chi connectivity index (χ0n) is 10.1. The highest BCUT2D eigenvalue weighted by Crippen LogP contribution is 2.27. The Kier molecular flexibility index (Phi) is 7.08. The maximum Gasteiger partial charge on any atom is 0.134 e. The minimum Gasteiger partial charge on any atom is -0.487 e. The second-order valence-corrected chi connectivity index (χ2v) is 5.54. The van der Waals surface area contributed by atoms with Gasteiger partial charge in [-0.15, -0.1) is 0 Å². The molecule has 0 spiro atoms. The summed E-state index contributed by atoms with van der Waals surface area (Å²) in [5, 5.41) is 0.459. The van der Waals surface area contributed by atoms with E-state index < -0.39 is 0 Å². The lowest BCUT2D eigenvalue weighted by Gasteiger charge is -2.11. The summed E-state index contributed by atoms with van der Waals surface area (Å²) in [7, 11) is 0. The Hall–Kier alpha value is -0.220. The average Bonchev–Trinajstić information content (AvgIpc) is 2.37. The Labute approximate surface area is 126 Å². The summed E-state index contributed by atoms with van der Waals surface area (Å²) in [6.07, 6.45) is 1.82. The molecule has 100 valence electrons. The second kappa shape index (κ2) is 8.05. The summed E-state index contributed by atoms with van der Waals surface area (Å²) in [6.45, 7) is 2.34. The number of hydrogen-bond acceptors (Lipinski definition) is 2. The molecule has 2 nitrogen and oxygen atoms in total. The van der Waals surface area contributed by atoms with Gasteiger partial charge in [-0.1, -0.05) is 36.2 Å². The van der Waals surface area contributed by atoms with Crippen LogP contribution in [0.25, 0.3) is 0 Å². The topological polar surface area (TPSA) is 35.2 Å². The van der Waals surface area contributed by atoms with E-state index in [9.17, 15) is 0 Å². The minimum absolute atomic E-state index is 0.192. The third-order valence-electron chi connectivity index (χ3n) is 2.50. The Bertz CT molecular complexity index is 423. The van der Waals surface area contributed by atoms with E-state index in [1.807, 2.05) is 18.2 Å². The summed E-state index contributed by atoms with van der Waals surface area (Å²) in [6, 6.07) is 6.12. The predicted molar refractivity (Wildman–Crippen MR) is 81.4 cm³/mol. The average molecular weight is 353 g/mol. The SMILES string of the molecule is CCC(N)Cc1ccc(OCC(Cl)=CCl)c(Br)c1. The number of nitrogens with two attached hydrogens (primary N) is 1. The van der Waals surface area contributed by atoms with Gasteiger partial charge in [0, 0.05) is 11.6 Å². The van der Waals surface area contributed by atoms with Crippen molar-refractivity contribution in [2.24, 2.45) is 5.73 Å². The first-order valence-corrected chi connectivity index (χ1v) is 7.29. The van der Waals surface area contributed by atoms with E-state index in [0.717, 1.165) is 23.1 Å². The zero-order chi connectivity index (χ0) is 13.5. The van der Waals surface area contributed by atoms with Crippen molar-refractivity contribution in [3.8, 4) is 5.75 Å². The molecule has 1 rings (SSSR count). The van der Waals surface area contributed by atoms with E-state index in [0.29, 0.717) is 5.03 Å². The van der Waals surface area contributed by atoms with Gasteiger partial charge in [0.2, 0.25) is 0 Å². The minimum atomic E-state index is 0.192. The molecular weight excluding hydrogens is 337 g/mol. The first-order valence-electron chi connectivity index (χ1n) is 5.68. The van der Waals surface area contributed by atoms with Crippen LogP contribution in [0.2, 0.25) is 0 Å². The largest absolute Gasteiger partial charge is 0.487 e. The fraction of sp³-hybridized carbons (Fsp3) is 0.385. The number of rotatable bonds is 6. The van der Waals surface area contributed by atoms with Gasteiger partial charge in [-0.3, -0.25) is 0 Å². The Balaban J connectivity index is 2.67. The zero-order valence-corrected chi connectivity index (χ0v) is 13.2. The van der Waals surface area contributed by atoms with Crippen molar-refractivity contribution in [2.45, 2.75) is 25.8 Å². The summed E-state index contributed by atoms with van der Waals surface area (Å²) >= 11 is 14.7. The van der Waals surface area contributed by atoms with Gasteiger partial charge in [-0.25, -0.2) is 0 Å². The summed E-state index contributed by atoms with van der Waals surface area (Å²) in [5.41, 5.74) is 8.40. The number of halogens is 3. The summed E-state index contributed by atoms with van der Waals surface area (Å²) in [5.74, 6) is 0.737. The van der Waals surface area contributed by atoms with Gasteiger partial charge < -0.3 is 10.5 Å². The van der Waals surface area contributed by atoms with Gasteiger partial charge in [0.1, 0.15) is 12.4 Å². The fourth-order valence-electron chi connectivity index (χ4n) is 1.41. The normalized spacial score (nSPS) is 13.5. The highest BCUT2D eigenvalue weighted by Gasteiger charge is 2.06. The molecule has 0 saturated heterocycles. The molecule has 1 atom stereocenters. The van der Waals surface area contributed by atoms with Crippen LogP contribution in [0.1, 0.15) is 18.9 Å². The van der Waals surface area contributed by atoms with E-state index in [1.54, 1.807) is 0 Å². The molecule has 18 heavy (non-hydrogen) atoms. The summed E-state index contributed by atoms with van der Waals surface area (Å²) < 4.78 is 6.40. The van der Waals surface area contributed by atoms with Gasteiger partial charge >= 0.3 is 0 Å². The molecule has 0 aliphatic heterocycles. The first-order chi connectivity index (χ1) is 8.56. The molecule has 0 aromatic heterocycles. The molecule has 1 aromatic carbocycles. The molecule has 1 aromatic rings. The maximum absolute atomic E-state index is 5.92. The number of ether oxygens (including phenoxy) is 1. The van der Waals surface area contributed by atoms with Crippen LogP contribution in [0.4, 0.5) is 0 Å². The van der Waals surface area contributed by atoms with E-state index in [2.05, 4.69) is 22.9 Å². The van der Waals surface area contributed by atoms with Crippen molar-refractivity contribution in [3.05, 3.63) is 38.8 Å². The highest BCUT2D eigenvalue weighted by atomic mass is 79.9. The van der Waals surface area contributed by atoms with Crippen molar-refractivity contribution in [3.63, 3.8) is 0 Å². The Morgan fingerprint density at radius 3 is 2.83 bits per heavy atom. The quantitative estimate of drug-likeness (QED) is 0.822.